The van der Waals surface area contributed by atoms with E-state index in [-0.39, 0.29) is 78.8 Å². The molecule has 2 aliphatic heterocycles. The van der Waals surface area contributed by atoms with E-state index in [2.05, 4.69) is 144 Å². The molecule has 99 heavy (non-hydrogen) atoms. The molecule has 0 unspecified atom stereocenters. The van der Waals surface area contributed by atoms with Crippen LogP contribution in [0.2, 0.25) is 0 Å². The van der Waals surface area contributed by atoms with E-state index in [1.807, 2.05) is 106 Å². The maximum atomic E-state index is 10.2. The molecule has 13 aromatic rings. The van der Waals surface area contributed by atoms with Crippen LogP contribution in [0.25, 0.3) is 66.8 Å². The lowest BCUT2D eigenvalue weighted by Crippen LogP contribution is -2.32. The number of hydrogen-bond acceptors (Lipinski definition) is 3. The highest BCUT2D eigenvalue weighted by molar-refractivity contribution is 6.17. The van der Waals surface area contributed by atoms with E-state index in [0.29, 0.717) is 62.9 Å². The van der Waals surface area contributed by atoms with Gasteiger partial charge in [0, 0.05) is 28.2 Å². The average Bonchev–Trinajstić information content (AvgIpc) is 0.693. The minimum Gasteiger partial charge on any atom is -0.305 e. The predicted molar refractivity (Wildman–Crippen MR) is 422 cm³/mol. The van der Waals surface area contributed by atoms with E-state index in [1.54, 1.807) is 18.2 Å². The van der Waals surface area contributed by atoms with Crippen LogP contribution in [0.4, 0.5) is 51.2 Å². The van der Waals surface area contributed by atoms with Crippen LogP contribution in [-0.4, -0.2) is 0 Å². The van der Waals surface area contributed by atoms with Crippen molar-refractivity contribution < 1.29 is 26.0 Å². The van der Waals surface area contributed by atoms with Gasteiger partial charge in [0.25, 0.3) is 0 Å². The molecule has 0 atom stereocenters. The third-order valence-electron chi connectivity index (χ3n) is 19.8. The number of rotatable bonds is 9. The van der Waals surface area contributed by atoms with E-state index < -0.39 is 119 Å². The molecule has 1 aliphatic carbocycles. The SMILES string of the molecule is [2H]c1cc([2H])c([2H])c(-c2cc(C(C)(C)C)cc(-c3c([2H])c([2H])c([2H])c([2H])c3[2H])c2N2c3ccc(-c4ccc(C(C)(C)C)cc4)cc3N3c4cc(-c5ccc(C(C)(C)C)cc5)ccc4N(c4c(-c5c([2H])c([2H])c([2H])c([2H])c5[2H])cc(C(C)(C)C)cc4-c4c([2H])c([2H])c([2H])c([2H])c4[2H])c4cc(C5c6ccccc6Cc6ccccc65)cc2c43)c1[2H]. The Hall–Kier alpha value is -10.7. The lowest BCUT2D eigenvalue weighted by Gasteiger charge is -2.49. The Labute approximate surface area is 614 Å². The maximum absolute atomic E-state index is 10.2. The largest absolute Gasteiger partial charge is 0.305 e. The Bertz CT molecular complexity index is 6210. The van der Waals surface area contributed by atoms with Crippen LogP contribution in [0.1, 0.15) is 165 Å². The highest BCUT2D eigenvalue weighted by Gasteiger charge is 2.44. The lowest BCUT2D eigenvalue weighted by molar-refractivity contribution is 0.590. The number of fused-ring (bicyclic) bond motifs is 6. The molecule has 3 nitrogen and oxygen atoms in total. The topological polar surface area (TPSA) is 9.72 Å². The first-order chi connectivity index (χ1) is 55.5. The van der Waals surface area contributed by atoms with Gasteiger partial charge in [0.2, 0.25) is 0 Å². The van der Waals surface area contributed by atoms with Gasteiger partial charge in [-0.2, -0.15) is 0 Å². The molecule has 13 aromatic carbocycles. The van der Waals surface area contributed by atoms with Gasteiger partial charge in [-0.25, -0.2) is 0 Å². The monoisotopic (exact) mass is 1300 g/mol. The van der Waals surface area contributed by atoms with Crippen molar-refractivity contribution in [2.24, 2.45) is 0 Å². The Balaban J connectivity index is 1.20. The molecular weight excluding hydrogens is 1200 g/mol. The fourth-order valence-electron chi connectivity index (χ4n) is 14.6. The van der Waals surface area contributed by atoms with Gasteiger partial charge in [-0.3, -0.25) is 0 Å². The van der Waals surface area contributed by atoms with E-state index in [0.717, 1.165) is 61.7 Å². The number of hydrogen-bond donors (Lipinski definition) is 0. The molecule has 0 bridgehead atoms. The van der Waals surface area contributed by atoms with Gasteiger partial charge in [-0.1, -0.05) is 313 Å². The molecule has 3 heteroatoms. The summed E-state index contributed by atoms with van der Waals surface area (Å²) in [7, 11) is 0. The summed E-state index contributed by atoms with van der Waals surface area (Å²) in [6.45, 7) is 24.5. The van der Waals surface area contributed by atoms with Gasteiger partial charge in [-0.05, 0) is 183 Å². The highest BCUT2D eigenvalue weighted by Crippen LogP contribution is 2.68. The van der Waals surface area contributed by atoms with E-state index in [4.69, 9.17) is 4.11 Å². The number of anilines is 9. The summed E-state index contributed by atoms with van der Waals surface area (Å²) in [5.74, 6) is -0.655. The molecule has 2 heterocycles. The molecule has 16 rings (SSSR count). The van der Waals surface area contributed by atoms with Crippen molar-refractivity contribution in [3.05, 3.63) is 341 Å². The molecule has 0 saturated carbocycles. The molecule has 0 fully saturated rings. The second-order valence-corrected chi connectivity index (χ2v) is 30.4. The first-order valence-corrected chi connectivity index (χ1v) is 33.9. The Morgan fingerprint density at radius 1 is 0.273 bits per heavy atom. The Morgan fingerprint density at radius 3 is 0.949 bits per heavy atom. The first-order valence-electron chi connectivity index (χ1n) is 43.4. The Kier molecular flexibility index (Phi) is 10.9. The normalized spacial score (nSPS) is 16.2. The fourth-order valence-corrected chi connectivity index (χ4v) is 14.6. The van der Waals surface area contributed by atoms with E-state index in [1.165, 1.54) is 0 Å². The first kappa shape index (κ1) is 45.0. The lowest BCUT2D eigenvalue weighted by atomic mass is 9.74. The van der Waals surface area contributed by atoms with Crippen molar-refractivity contribution in [2.75, 3.05) is 14.7 Å². The molecule has 0 N–H and O–H groups in total. The van der Waals surface area contributed by atoms with Crippen LogP contribution in [0.5, 0.6) is 0 Å². The summed E-state index contributed by atoms with van der Waals surface area (Å²) < 4.78 is 185. The van der Waals surface area contributed by atoms with Crippen LogP contribution >= 0.6 is 0 Å². The second kappa shape index (κ2) is 24.1. The van der Waals surface area contributed by atoms with Crippen LogP contribution in [-0.2, 0) is 28.1 Å². The van der Waals surface area contributed by atoms with E-state index in [9.17, 15) is 21.9 Å². The van der Waals surface area contributed by atoms with Crippen molar-refractivity contribution in [3.8, 4) is 66.8 Å². The summed E-state index contributed by atoms with van der Waals surface area (Å²) >= 11 is 0. The molecule has 0 spiro atoms. The zero-order valence-electron chi connectivity index (χ0n) is 76.9. The van der Waals surface area contributed by atoms with Gasteiger partial charge in [-0.15, -0.1) is 0 Å². The zero-order valence-corrected chi connectivity index (χ0v) is 57.9. The summed E-state index contributed by atoms with van der Waals surface area (Å²) in [6, 6.07) is 46.4. The summed E-state index contributed by atoms with van der Waals surface area (Å²) in [5, 5.41) is 0. The quantitative estimate of drug-likeness (QED) is 0.143. The molecule has 0 amide bonds. The molecule has 0 saturated heterocycles. The van der Waals surface area contributed by atoms with Gasteiger partial charge in [0.05, 0.1) is 77.2 Å². The molecule has 3 aliphatic rings. The van der Waals surface area contributed by atoms with Crippen molar-refractivity contribution in [3.63, 3.8) is 0 Å². The maximum Gasteiger partial charge on any atom is 0.0948 e. The zero-order chi connectivity index (χ0) is 84.8. The van der Waals surface area contributed by atoms with E-state index >= 15 is 0 Å². The van der Waals surface area contributed by atoms with Crippen LogP contribution in [0, 0.1) is 0 Å². The van der Waals surface area contributed by atoms with Crippen LogP contribution < -0.4 is 14.7 Å². The second-order valence-electron chi connectivity index (χ2n) is 30.4. The van der Waals surface area contributed by atoms with Gasteiger partial charge in [0.15, 0.2) is 0 Å². The number of nitrogens with zero attached hydrogens (tertiary/aromatic N) is 3. The third-order valence-corrected chi connectivity index (χ3v) is 19.8. The smallest absolute Gasteiger partial charge is 0.0948 e. The average molecular weight is 1300 g/mol. The van der Waals surface area contributed by atoms with Crippen molar-refractivity contribution in [1.29, 1.82) is 0 Å². The van der Waals surface area contributed by atoms with Gasteiger partial charge >= 0.3 is 0 Å². The van der Waals surface area contributed by atoms with Crippen LogP contribution in [0.3, 0.4) is 0 Å². The van der Waals surface area contributed by atoms with Crippen molar-refractivity contribution >= 4 is 51.2 Å². The standard InChI is InChI=1S/C96H87N3/c1-93(2,3)73-47-41-62(42-48-73)68-45-51-83-85(54-68)99-86-55-69(63-43-49-74(50-44-63)94(4,5)6)46-52-84(86)98(91-81(66-33-21-15-22-34-66)60-76(96(10,11)12)61-82(91)67-35-23-16-24-36-67)88-57-72(89-77-39-27-25-37-70(77)53-71-38-26-28-40-78(71)89)56-87(92(88)99)97(83)90-79(64-29-17-13-18-30-64)58-75(95(7,8)9)59-80(90)65-31-19-14-20-32-65/h13-52,54-61,89H,53H2,1-12H3/i13D,14D,15D,17D,18D,19D,20D,21D,22D,23D,24D,29D,30D,31D,32D,33D,34D,35D,36D. The highest BCUT2D eigenvalue weighted by atomic mass is 15.3. The van der Waals surface area contributed by atoms with Crippen molar-refractivity contribution in [1.82, 2.24) is 0 Å². The Morgan fingerprint density at radius 2 is 0.596 bits per heavy atom. The van der Waals surface area contributed by atoms with Gasteiger partial charge in [0.1, 0.15) is 0 Å². The minimum atomic E-state index is -0.872. The minimum absolute atomic E-state index is 0.0324. The third kappa shape index (κ3) is 11.3. The van der Waals surface area contributed by atoms with Crippen molar-refractivity contribution in [2.45, 2.75) is 117 Å². The molecular formula is C96H87N3. The summed E-state index contributed by atoms with van der Waals surface area (Å²) in [4.78, 5) is 6.03. The summed E-state index contributed by atoms with van der Waals surface area (Å²) in [5.41, 5.74) is 10.9. The fraction of sp³-hybridized carbons (Fsp3) is 0.188. The van der Waals surface area contributed by atoms with Crippen LogP contribution in [0.15, 0.2) is 291 Å². The predicted octanol–water partition coefficient (Wildman–Crippen LogP) is 27.0. The summed E-state index contributed by atoms with van der Waals surface area (Å²) in [6.07, 6.45) is 0.557. The molecule has 486 valence electrons. The van der Waals surface area contributed by atoms with Gasteiger partial charge < -0.3 is 14.7 Å². The number of benzene rings is 13. The molecule has 0 radical (unpaired) electrons. The molecule has 0 aromatic heterocycles.